The molecule has 41 heavy (non-hydrogen) atoms. The average Bonchev–Trinajstić information content (AvgIpc) is 2.93. The molecule has 3 fully saturated rings. The van der Waals surface area contributed by atoms with E-state index in [2.05, 4.69) is 10.6 Å². The topological polar surface area (TPSA) is 313 Å². The molecule has 1 saturated carbocycles. The predicted molar refractivity (Wildman–Crippen MR) is 138 cm³/mol. The van der Waals surface area contributed by atoms with E-state index >= 15 is 0 Å². The maximum Gasteiger partial charge on any atom is 0.252 e. The zero-order valence-electron chi connectivity index (χ0n) is 23.0. The summed E-state index contributed by atoms with van der Waals surface area (Å²) in [5.41, 5.74) is 23.5. The van der Waals surface area contributed by atoms with Gasteiger partial charge in [0.2, 0.25) is 6.29 Å². The number of aliphatic hydroxyl groups is 6. The van der Waals surface area contributed by atoms with Gasteiger partial charge in [-0.25, -0.2) is 0 Å². The number of hydrogen-bond acceptors (Lipinski definition) is 17. The maximum atomic E-state index is 12.1. The van der Waals surface area contributed by atoms with E-state index in [1.807, 2.05) is 0 Å². The van der Waals surface area contributed by atoms with E-state index in [9.17, 15) is 35.4 Å². The van der Waals surface area contributed by atoms with Crippen LogP contribution in [-0.4, -0.2) is 155 Å². The standard InChI is InChI=1S/C23H46N6O12/c1-7(6-30)37-23(20(36)29-19(35)11(31)5-24)41-22-13(28-2)15(33)18-12(38-22)4-10(27)21(40-18)39-17-9(26)3-8(25)14(32)16(17)34/h7-18,20-23,28,30-34,36H,3-6,24-27H2,1-2H3,(H,29,35)/t7?,8-,9?,10?,11+,12+,13?,14?,15?,16?,17-,18?,20?,21+,22?,23+/m1/s1. The van der Waals surface area contributed by atoms with Gasteiger partial charge in [0.1, 0.15) is 30.5 Å². The normalized spacial score (nSPS) is 42.5. The minimum absolute atomic E-state index is 0.101. The SMILES string of the molecule is CNC1C(O[C@H](OC(C)CO)C(O)NC(=O)[C@@H](O)CN)O[C@H]2CC(N)[C@@H](O[C@@H]3C(N)C[C@@H](N)C(O)C3O)OC2C1O. The van der Waals surface area contributed by atoms with E-state index in [1.54, 1.807) is 0 Å². The van der Waals surface area contributed by atoms with E-state index < -0.39 is 117 Å². The summed E-state index contributed by atoms with van der Waals surface area (Å²) < 4.78 is 29.3. The highest BCUT2D eigenvalue weighted by molar-refractivity contribution is 5.80. The average molecular weight is 599 g/mol. The van der Waals surface area contributed by atoms with Crippen LogP contribution in [0.2, 0.25) is 0 Å². The van der Waals surface area contributed by atoms with Crippen molar-refractivity contribution in [2.75, 3.05) is 20.2 Å². The molecule has 1 amide bonds. The van der Waals surface area contributed by atoms with Crippen molar-refractivity contribution in [3.05, 3.63) is 0 Å². The van der Waals surface area contributed by atoms with Crippen LogP contribution in [0.3, 0.4) is 0 Å². The Morgan fingerprint density at radius 2 is 1.68 bits per heavy atom. The summed E-state index contributed by atoms with van der Waals surface area (Å²) in [6, 6.07) is -3.21. The molecule has 3 rings (SSSR count). The fourth-order valence-electron chi connectivity index (χ4n) is 5.10. The van der Waals surface area contributed by atoms with Crippen LogP contribution in [0.15, 0.2) is 0 Å². The Balaban J connectivity index is 1.72. The largest absolute Gasteiger partial charge is 0.394 e. The minimum atomic E-state index is -1.83. The molecule has 18 heteroatoms. The van der Waals surface area contributed by atoms with Crippen LogP contribution in [0.5, 0.6) is 0 Å². The summed E-state index contributed by atoms with van der Waals surface area (Å²) in [4.78, 5) is 12.1. The molecular formula is C23H46N6O12. The van der Waals surface area contributed by atoms with Crippen LogP contribution < -0.4 is 33.6 Å². The van der Waals surface area contributed by atoms with Crippen molar-refractivity contribution in [2.45, 2.75) is 118 Å². The van der Waals surface area contributed by atoms with Crippen molar-refractivity contribution in [1.29, 1.82) is 0 Å². The van der Waals surface area contributed by atoms with Crippen LogP contribution in [0, 0.1) is 0 Å². The van der Waals surface area contributed by atoms with Crippen LogP contribution >= 0.6 is 0 Å². The lowest BCUT2D eigenvalue weighted by atomic mass is 9.84. The number of carbonyl (C=O) groups is 1. The molecule has 0 radical (unpaired) electrons. The molecule has 0 spiro atoms. The molecule has 2 heterocycles. The Labute approximate surface area is 237 Å². The Hall–Kier alpha value is -1.17. The zero-order valence-corrected chi connectivity index (χ0v) is 23.0. The molecule has 10 unspecified atom stereocenters. The molecule has 2 saturated heterocycles. The summed E-state index contributed by atoms with van der Waals surface area (Å²) in [5.74, 6) is -0.987. The first kappa shape index (κ1) is 34.3. The number of aliphatic hydroxyl groups excluding tert-OH is 6. The van der Waals surface area contributed by atoms with Crippen LogP contribution in [0.4, 0.5) is 0 Å². The quantitative estimate of drug-likeness (QED) is 0.0928. The van der Waals surface area contributed by atoms with Gasteiger partial charge in [-0.15, -0.1) is 0 Å². The number of carbonyl (C=O) groups excluding carboxylic acids is 1. The summed E-state index contributed by atoms with van der Waals surface area (Å²) in [6.07, 6.45) is -14.8. The summed E-state index contributed by atoms with van der Waals surface area (Å²) in [5, 5.41) is 66.5. The second-order valence-corrected chi connectivity index (χ2v) is 10.7. The van der Waals surface area contributed by atoms with Crippen molar-refractivity contribution in [3.63, 3.8) is 0 Å². The third-order valence-electron chi connectivity index (χ3n) is 7.50. The highest BCUT2D eigenvalue weighted by atomic mass is 16.8. The number of rotatable bonds is 12. The van der Waals surface area contributed by atoms with E-state index in [1.165, 1.54) is 14.0 Å². The molecule has 1 aliphatic carbocycles. The molecular weight excluding hydrogens is 552 g/mol. The summed E-state index contributed by atoms with van der Waals surface area (Å²) >= 11 is 0. The molecule has 18 nitrogen and oxygen atoms in total. The van der Waals surface area contributed by atoms with Crippen molar-refractivity contribution < 1.29 is 59.1 Å². The Morgan fingerprint density at radius 1 is 1.00 bits per heavy atom. The number of amides is 1. The summed E-state index contributed by atoms with van der Waals surface area (Å²) in [7, 11) is 1.51. The number of ether oxygens (including phenoxy) is 5. The van der Waals surface area contributed by atoms with Gasteiger partial charge in [0.15, 0.2) is 18.8 Å². The van der Waals surface area contributed by atoms with Gasteiger partial charge in [0.05, 0.1) is 37.0 Å². The molecule has 0 aromatic rings. The second kappa shape index (κ2) is 15.0. The van der Waals surface area contributed by atoms with Crippen molar-refractivity contribution in [3.8, 4) is 0 Å². The third kappa shape index (κ3) is 8.06. The van der Waals surface area contributed by atoms with Gasteiger partial charge in [0, 0.05) is 18.6 Å². The van der Waals surface area contributed by atoms with Gasteiger partial charge in [-0.05, 0) is 26.8 Å². The Morgan fingerprint density at radius 3 is 2.29 bits per heavy atom. The predicted octanol–water partition coefficient (Wildman–Crippen LogP) is -7.24. The van der Waals surface area contributed by atoms with Crippen LogP contribution in [0.1, 0.15) is 19.8 Å². The monoisotopic (exact) mass is 598 g/mol. The van der Waals surface area contributed by atoms with Crippen molar-refractivity contribution in [1.82, 2.24) is 10.6 Å². The first-order chi connectivity index (χ1) is 19.3. The van der Waals surface area contributed by atoms with Crippen LogP contribution in [-0.2, 0) is 28.5 Å². The lowest BCUT2D eigenvalue weighted by Crippen LogP contribution is -2.69. The zero-order chi connectivity index (χ0) is 30.6. The third-order valence-corrected chi connectivity index (χ3v) is 7.50. The Kier molecular flexibility index (Phi) is 12.6. The van der Waals surface area contributed by atoms with Gasteiger partial charge < -0.3 is 87.9 Å². The van der Waals surface area contributed by atoms with E-state index in [-0.39, 0.29) is 12.8 Å². The number of hydrogen-bond donors (Lipinski definition) is 12. The number of nitrogens with one attached hydrogen (secondary N) is 2. The molecule has 240 valence electrons. The molecule has 0 aromatic heterocycles. The van der Waals surface area contributed by atoms with E-state index in [0.717, 1.165) is 0 Å². The van der Waals surface area contributed by atoms with E-state index in [0.29, 0.717) is 0 Å². The van der Waals surface area contributed by atoms with Gasteiger partial charge in [-0.3, -0.25) is 4.79 Å². The lowest BCUT2D eigenvalue weighted by molar-refractivity contribution is -0.362. The molecule has 0 bridgehead atoms. The van der Waals surface area contributed by atoms with E-state index in [4.69, 9.17) is 46.6 Å². The molecule has 0 aromatic carbocycles. The highest BCUT2D eigenvalue weighted by Crippen LogP contribution is 2.34. The molecule has 16 atom stereocenters. The number of nitrogens with two attached hydrogens (primary N) is 4. The van der Waals surface area contributed by atoms with Gasteiger partial charge >= 0.3 is 0 Å². The fourth-order valence-corrected chi connectivity index (χ4v) is 5.10. The highest BCUT2D eigenvalue weighted by Gasteiger charge is 2.53. The summed E-state index contributed by atoms with van der Waals surface area (Å²) in [6.45, 7) is 0.635. The lowest BCUT2D eigenvalue weighted by Gasteiger charge is -2.51. The van der Waals surface area contributed by atoms with Crippen molar-refractivity contribution in [2.24, 2.45) is 22.9 Å². The minimum Gasteiger partial charge on any atom is -0.394 e. The molecule has 16 N–H and O–H groups in total. The molecule has 2 aliphatic heterocycles. The Bertz CT molecular complexity index is 834. The number of fused-ring (bicyclic) bond motifs is 1. The van der Waals surface area contributed by atoms with Gasteiger partial charge in [-0.1, -0.05) is 0 Å². The first-order valence-electron chi connectivity index (χ1n) is 13.6. The molecule has 3 aliphatic rings. The number of likely N-dealkylation sites (N-methyl/N-ethyl adjacent to an activating group) is 1. The van der Waals surface area contributed by atoms with Gasteiger partial charge in [0.25, 0.3) is 5.91 Å². The fraction of sp³-hybridized carbons (Fsp3) is 0.957. The second-order valence-electron chi connectivity index (χ2n) is 10.7. The van der Waals surface area contributed by atoms with Gasteiger partial charge in [-0.2, -0.15) is 0 Å². The maximum absolute atomic E-state index is 12.1. The smallest absolute Gasteiger partial charge is 0.252 e. The van der Waals surface area contributed by atoms with Crippen molar-refractivity contribution >= 4 is 5.91 Å². The van der Waals surface area contributed by atoms with Crippen LogP contribution in [0.25, 0.3) is 0 Å². The first-order valence-corrected chi connectivity index (χ1v) is 13.6.